The Bertz CT molecular complexity index is 1070. The van der Waals surface area contributed by atoms with Crippen LogP contribution in [0.15, 0.2) is 23.0 Å². The molecule has 0 spiro atoms. The van der Waals surface area contributed by atoms with Gasteiger partial charge in [-0.2, -0.15) is 0 Å². The van der Waals surface area contributed by atoms with E-state index in [9.17, 15) is 4.79 Å². The number of aryl methyl sites for hydroxylation is 2. The molecule has 6 heteroatoms. The van der Waals surface area contributed by atoms with Crippen molar-refractivity contribution in [2.24, 2.45) is 5.92 Å². The highest BCUT2D eigenvalue weighted by molar-refractivity contribution is 7.18. The second-order valence-corrected chi connectivity index (χ2v) is 9.17. The first kappa shape index (κ1) is 20.0. The lowest BCUT2D eigenvalue weighted by atomic mass is 9.98. The van der Waals surface area contributed by atoms with E-state index >= 15 is 0 Å². The van der Waals surface area contributed by atoms with Crippen LogP contribution < -0.4 is 15.0 Å². The van der Waals surface area contributed by atoms with Gasteiger partial charge in [0.1, 0.15) is 10.7 Å². The van der Waals surface area contributed by atoms with Crippen molar-refractivity contribution >= 4 is 21.6 Å². The lowest BCUT2D eigenvalue weighted by Crippen LogP contribution is -2.11. The number of methoxy groups -OCH3 is 1. The predicted molar refractivity (Wildman–Crippen MR) is 118 cm³/mol. The van der Waals surface area contributed by atoms with Crippen LogP contribution in [-0.2, 0) is 12.8 Å². The van der Waals surface area contributed by atoms with E-state index < -0.39 is 0 Å². The minimum Gasteiger partial charge on any atom is -0.493 e. The molecule has 0 atom stereocenters. The maximum atomic E-state index is 13.0. The van der Waals surface area contributed by atoms with Crippen molar-refractivity contribution in [1.29, 1.82) is 0 Å². The summed E-state index contributed by atoms with van der Waals surface area (Å²) in [6, 6.07) is 5.68. The number of H-pyrrole nitrogens is 1. The Morgan fingerprint density at radius 2 is 1.93 bits per heavy atom. The van der Waals surface area contributed by atoms with E-state index in [-0.39, 0.29) is 5.56 Å². The molecule has 1 aliphatic rings. The molecule has 0 radical (unpaired) electrons. The molecule has 29 heavy (non-hydrogen) atoms. The number of aromatic nitrogens is 2. The van der Waals surface area contributed by atoms with E-state index in [0.29, 0.717) is 29.8 Å². The van der Waals surface area contributed by atoms with Crippen LogP contribution in [0.1, 0.15) is 50.0 Å². The Labute approximate surface area is 175 Å². The van der Waals surface area contributed by atoms with Crippen LogP contribution >= 0.6 is 11.3 Å². The average molecular weight is 413 g/mol. The molecule has 4 rings (SSSR count). The summed E-state index contributed by atoms with van der Waals surface area (Å²) in [5.41, 5.74) is 2.00. The van der Waals surface area contributed by atoms with Crippen LogP contribution in [0.5, 0.6) is 11.5 Å². The van der Waals surface area contributed by atoms with Gasteiger partial charge in [0, 0.05) is 10.4 Å². The number of hydrogen-bond donors (Lipinski definition) is 1. The number of benzene rings is 1. The number of aromatic amines is 1. The van der Waals surface area contributed by atoms with Crippen molar-refractivity contribution in [3.05, 3.63) is 39.0 Å². The SMILES string of the molecule is COc1cc(-c2nc3sc4c(c3c(=O)[nH]2)CCCCCC4)ccc1OCC(C)C. The first-order valence-electron chi connectivity index (χ1n) is 10.4. The van der Waals surface area contributed by atoms with E-state index in [4.69, 9.17) is 14.5 Å². The smallest absolute Gasteiger partial charge is 0.260 e. The maximum absolute atomic E-state index is 13.0. The van der Waals surface area contributed by atoms with Crippen molar-refractivity contribution in [2.45, 2.75) is 52.4 Å². The van der Waals surface area contributed by atoms with E-state index in [1.54, 1.807) is 18.4 Å². The van der Waals surface area contributed by atoms with E-state index in [2.05, 4.69) is 18.8 Å². The largest absolute Gasteiger partial charge is 0.493 e. The van der Waals surface area contributed by atoms with Crippen molar-refractivity contribution in [2.75, 3.05) is 13.7 Å². The van der Waals surface area contributed by atoms with Crippen LogP contribution in [0.4, 0.5) is 0 Å². The Morgan fingerprint density at radius 1 is 1.14 bits per heavy atom. The first-order valence-corrected chi connectivity index (χ1v) is 11.2. The monoisotopic (exact) mass is 412 g/mol. The lowest BCUT2D eigenvalue weighted by Gasteiger charge is -2.13. The molecule has 0 aliphatic heterocycles. The second-order valence-electron chi connectivity index (χ2n) is 8.08. The fourth-order valence-corrected chi connectivity index (χ4v) is 5.11. The summed E-state index contributed by atoms with van der Waals surface area (Å²) in [5, 5.41) is 0.791. The van der Waals surface area contributed by atoms with Crippen molar-refractivity contribution in [3.8, 4) is 22.9 Å². The highest BCUT2D eigenvalue weighted by Crippen LogP contribution is 2.35. The zero-order valence-electron chi connectivity index (χ0n) is 17.3. The van der Waals surface area contributed by atoms with Crippen LogP contribution in [0.3, 0.4) is 0 Å². The molecule has 154 valence electrons. The minimum atomic E-state index is -0.0397. The molecular formula is C23H28N2O3S. The summed E-state index contributed by atoms with van der Waals surface area (Å²) in [5.74, 6) is 2.35. The Hall–Kier alpha value is -2.34. The molecule has 1 aromatic carbocycles. The van der Waals surface area contributed by atoms with Gasteiger partial charge in [-0.3, -0.25) is 4.79 Å². The molecule has 0 amide bonds. The highest BCUT2D eigenvalue weighted by Gasteiger charge is 2.19. The molecule has 0 unspecified atom stereocenters. The summed E-state index contributed by atoms with van der Waals surface area (Å²) in [4.78, 5) is 23.0. The van der Waals surface area contributed by atoms with Crippen LogP contribution in [-0.4, -0.2) is 23.7 Å². The molecule has 2 heterocycles. The molecule has 0 saturated heterocycles. The fourth-order valence-electron chi connectivity index (χ4n) is 3.84. The Kier molecular flexibility index (Phi) is 5.90. The van der Waals surface area contributed by atoms with Gasteiger partial charge >= 0.3 is 0 Å². The van der Waals surface area contributed by atoms with Gasteiger partial charge in [0.05, 0.1) is 19.1 Å². The van der Waals surface area contributed by atoms with Crippen molar-refractivity contribution in [1.82, 2.24) is 9.97 Å². The second kappa shape index (κ2) is 8.57. The number of nitrogens with one attached hydrogen (secondary N) is 1. The molecule has 1 aliphatic carbocycles. The maximum Gasteiger partial charge on any atom is 0.260 e. The van der Waals surface area contributed by atoms with E-state index in [0.717, 1.165) is 35.0 Å². The van der Waals surface area contributed by atoms with Gasteiger partial charge < -0.3 is 14.5 Å². The molecule has 0 bridgehead atoms. The first-order chi connectivity index (χ1) is 14.1. The third-order valence-electron chi connectivity index (χ3n) is 5.33. The number of ether oxygens (including phenoxy) is 2. The van der Waals surface area contributed by atoms with Gasteiger partial charge in [-0.25, -0.2) is 4.98 Å². The average Bonchev–Trinajstić information content (AvgIpc) is 3.03. The molecule has 2 aromatic heterocycles. The van der Waals surface area contributed by atoms with Gasteiger partial charge in [-0.1, -0.05) is 26.7 Å². The minimum absolute atomic E-state index is 0.0397. The zero-order chi connectivity index (χ0) is 20.4. The van der Waals surface area contributed by atoms with Gasteiger partial charge in [-0.05, 0) is 55.4 Å². The quantitative estimate of drug-likeness (QED) is 0.613. The summed E-state index contributed by atoms with van der Waals surface area (Å²) in [6.45, 7) is 4.84. The van der Waals surface area contributed by atoms with Crippen molar-refractivity contribution in [3.63, 3.8) is 0 Å². The fraction of sp³-hybridized carbons (Fsp3) is 0.478. The van der Waals surface area contributed by atoms with Crippen LogP contribution in [0.2, 0.25) is 0 Å². The molecule has 5 nitrogen and oxygen atoms in total. The lowest BCUT2D eigenvalue weighted by molar-refractivity contribution is 0.257. The summed E-state index contributed by atoms with van der Waals surface area (Å²) in [7, 11) is 1.62. The Balaban J connectivity index is 1.73. The van der Waals surface area contributed by atoms with Gasteiger partial charge in [0.15, 0.2) is 11.5 Å². The number of rotatable bonds is 5. The topological polar surface area (TPSA) is 64.2 Å². The Morgan fingerprint density at radius 3 is 2.69 bits per heavy atom. The summed E-state index contributed by atoms with van der Waals surface area (Å²) in [6.07, 6.45) is 6.89. The van der Waals surface area contributed by atoms with Gasteiger partial charge in [0.25, 0.3) is 5.56 Å². The molecular weight excluding hydrogens is 384 g/mol. The van der Waals surface area contributed by atoms with Gasteiger partial charge in [-0.15, -0.1) is 11.3 Å². The number of nitrogens with zero attached hydrogens (tertiary/aromatic N) is 1. The molecule has 3 aromatic rings. The summed E-state index contributed by atoms with van der Waals surface area (Å²) < 4.78 is 11.3. The predicted octanol–water partition coefficient (Wildman–Crippen LogP) is 5.35. The number of hydrogen-bond acceptors (Lipinski definition) is 5. The third-order valence-corrected chi connectivity index (χ3v) is 6.52. The van der Waals surface area contributed by atoms with Crippen molar-refractivity contribution < 1.29 is 9.47 Å². The highest BCUT2D eigenvalue weighted by atomic mass is 32.1. The van der Waals surface area contributed by atoms with Gasteiger partial charge in [0.2, 0.25) is 0 Å². The van der Waals surface area contributed by atoms with E-state index in [1.807, 2.05) is 18.2 Å². The number of fused-ring (bicyclic) bond motifs is 3. The normalized spacial score (nSPS) is 14.5. The zero-order valence-corrected chi connectivity index (χ0v) is 18.2. The van der Waals surface area contributed by atoms with E-state index in [1.165, 1.54) is 29.7 Å². The summed E-state index contributed by atoms with van der Waals surface area (Å²) >= 11 is 1.68. The number of thiophene rings is 1. The van der Waals surface area contributed by atoms with Crippen LogP contribution in [0.25, 0.3) is 21.6 Å². The van der Waals surface area contributed by atoms with Crippen LogP contribution in [0, 0.1) is 5.92 Å². The molecule has 0 fully saturated rings. The molecule has 1 N–H and O–H groups in total. The third kappa shape index (κ3) is 4.17. The standard InChI is InChI=1S/C23H28N2O3S/c1-14(2)13-28-17-11-10-15(12-18(17)27-3)21-24-22(26)20-16-8-6-4-5-7-9-19(16)29-23(20)25-21/h10-12,14H,4-9,13H2,1-3H3,(H,24,25,26). The molecule has 0 saturated carbocycles.